The highest BCUT2D eigenvalue weighted by atomic mass is 16.2. The average Bonchev–Trinajstić information content (AvgIpc) is 3.17. The zero-order valence-electron chi connectivity index (χ0n) is 10.4. The summed E-state index contributed by atoms with van der Waals surface area (Å²) < 4.78 is 0. The van der Waals surface area contributed by atoms with E-state index in [2.05, 4.69) is 12.1 Å². The standard InChI is InChI=1S/C14H20N2O/c1-16(13(17)14(11-15)8-9-14)10-7-12-5-3-2-4-6-12/h2-6H,7-11,15H2,1H3. The van der Waals surface area contributed by atoms with Gasteiger partial charge in [-0.2, -0.15) is 0 Å². The second kappa shape index (κ2) is 4.88. The maximum absolute atomic E-state index is 12.1. The van der Waals surface area contributed by atoms with Gasteiger partial charge in [0, 0.05) is 20.1 Å². The molecule has 0 radical (unpaired) electrons. The highest BCUT2D eigenvalue weighted by Gasteiger charge is 2.49. The Morgan fingerprint density at radius 3 is 2.53 bits per heavy atom. The third-order valence-corrected chi connectivity index (χ3v) is 3.62. The molecule has 1 aromatic carbocycles. The normalized spacial score (nSPS) is 16.6. The smallest absolute Gasteiger partial charge is 0.229 e. The molecule has 0 unspecified atom stereocenters. The summed E-state index contributed by atoms with van der Waals surface area (Å²) in [6.45, 7) is 1.26. The number of hydrogen-bond donors (Lipinski definition) is 1. The summed E-state index contributed by atoms with van der Waals surface area (Å²) >= 11 is 0. The van der Waals surface area contributed by atoms with Gasteiger partial charge in [-0.15, -0.1) is 0 Å². The van der Waals surface area contributed by atoms with E-state index in [0.717, 1.165) is 25.8 Å². The molecule has 2 rings (SSSR count). The Bertz CT molecular complexity index is 384. The van der Waals surface area contributed by atoms with E-state index in [1.807, 2.05) is 30.1 Å². The van der Waals surface area contributed by atoms with Gasteiger partial charge < -0.3 is 10.6 Å². The highest BCUT2D eigenvalue weighted by Crippen LogP contribution is 2.45. The molecule has 0 aliphatic heterocycles. The molecule has 92 valence electrons. The van der Waals surface area contributed by atoms with E-state index >= 15 is 0 Å². The van der Waals surface area contributed by atoms with E-state index in [9.17, 15) is 4.79 Å². The Hall–Kier alpha value is -1.35. The van der Waals surface area contributed by atoms with Crippen LogP contribution < -0.4 is 5.73 Å². The fraction of sp³-hybridized carbons (Fsp3) is 0.500. The summed E-state index contributed by atoms with van der Waals surface area (Å²) in [5.74, 6) is 0.218. The van der Waals surface area contributed by atoms with Crippen molar-refractivity contribution in [2.75, 3.05) is 20.1 Å². The van der Waals surface area contributed by atoms with Crippen molar-refractivity contribution in [1.29, 1.82) is 0 Å². The third-order valence-electron chi connectivity index (χ3n) is 3.62. The maximum Gasteiger partial charge on any atom is 0.229 e. The molecule has 1 fully saturated rings. The van der Waals surface area contributed by atoms with Crippen LogP contribution in [0.15, 0.2) is 30.3 Å². The summed E-state index contributed by atoms with van der Waals surface area (Å²) in [5, 5.41) is 0. The largest absolute Gasteiger partial charge is 0.345 e. The van der Waals surface area contributed by atoms with Crippen molar-refractivity contribution < 1.29 is 4.79 Å². The van der Waals surface area contributed by atoms with Crippen LogP contribution in [0.25, 0.3) is 0 Å². The molecule has 0 atom stereocenters. The van der Waals surface area contributed by atoms with Crippen LogP contribution in [0.1, 0.15) is 18.4 Å². The molecular formula is C14H20N2O. The lowest BCUT2D eigenvalue weighted by atomic mass is 10.1. The van der Waals surface area contributed by atoms with E-state index in [1.54, 1.807) is 0 Å². The van der Waals surface area contributed by atoms with Gasteiger partial charge in [0.05, 0.1) is 5.41 Å². The number of nitrogens with two attached hydrogens (primary N) is 1. The molecule has 0 heterocycles. The fourth-order valence-corrected chi connectivity index (χ4v) is 2.10. The minimum absolute atomic E-state index is 0.217. The first-order chi connectivity index (χ1) is 8.18. The lowest BCUT2D eigenvalue weighted by molar-refractivity contribution is -0.135. The van der Waals surface area contributed by atoms with Crippen molar-refractivity contribution in [3.63, 3.8) is 0 Å². The topological polar surface area (TPSA) is 46.3 Å². The summed E-state index contributed by atoms with van der Waals surface area (Å²) in [7, 11) is 1.88. The summed E-state index contributed by atoms with van der Waals surface area (Å²) in [6, 6.07) is 10.2. The monoisotopic (exact) mass is 232 g/mol. The molecule has 17 heavy (non-hydrogen) atoms. The highest BCUT2D eigenvalue weighted by molar-refractivity contribution is 5.85. The van der Waals surface area contributed by atoms with Crippen LogP contribution in [0.2, 0.25) is 0 Å². The first-order valence-corrected chi connectivity index (χ1v) is 6.17. The Morgan fingerprint density at radius 2 is 2.00 bits per heavy atom. The molecule has 1 aliphatic carbocycles. The Labute approximate surface area is 103 Å². The van der Waals surface area contributed by atoms with Gasteiger partial charge in [-0.05, 0) is 24.8 Å². The molecule has 1 amide bonds. The molecule has 0 saturated heterocycles. The van der Waals surface area contributed by atoms with Gasteiger partial charge in [-0.25, -0.2) is 0 Å². The van der Waals surface area contributed by atoms with Crippen LogP contribution in [0.4, 0.5) is 0 Å². The van der Waals surface area contributed by atoms with Gasteiger partial charge in [0.25, 0.3) is 0 Å². The van der Waals surface area contributed by atoms with Gasteiger partial charge in [0.2, 0.25) is 5.91 Å². The van der Waals surface area contributed by atoms with Gasteiger partial charge in [-0.3, -0.25) is 4.79 Å². The lowest BCUT2D eigenvalue weighted by Gasteiger charge is -2.22. The SMILES string of the molecule is CN(CCc1ccccc1)C(=O)C1(CN)CC1. The molecule has 1 aromatic rings. The van der Waals surface area contributed by atoms with Crippen LogP contribution in [0.3, 0.4) is 0 Å². The molecule has 1 aliphatic rings. The molecular weight excluding hydrogens is 212 g/mol. The van der Waals surface area contributed by atoms with Crippen LogP contribution in [0, 0.1) is 5.41 Å². The van der Waals surface area contributed by atoms with E-state index in [4.69, 9.17) is 5.73 Å². The number of hydrogen-bond acceptors (Lipinski definition) is 2. The lowest BCUT2D eigenvalue weighted by Crippen LogP contribution is -2.39. The van der Waals surface area contributed by atoms with Gasteiger partial charge in [-0.1, -0.05) is 30.3 Å². The van der Waals surface area contributed by atoms with E-state index in [0.29, 0.717) is 6.54 Å². The van der Waals surface area contributed by atoms with Gasteiger partial charge in [0.15, 0.2) is 0 Å². The predicted octanol–water partition coefficient (Wildman–Crippen LogP) is 1.43. The molecule has 0 bridgehead atoms. The third kappa shape index (κ3) is 2.67. The van der Waals surface area contributed by atoms with E-state index in [1.165, 1.54) is 5.56 Å². The number of likely N-dealkylation sites (N-methyl/N-ethyl adjacent to an activating group) is 1. The second-order valence-electron chi connectivity index (χ2n) is 4.95. The van der Waals surface area contributed by atoms with E-state index < -0.39 is 0 Å². The minimum Gasteiger partial charge on any atom is -0.345 e. The van der Waals surface area contributed by atoms with Crippen LogP contribution >= 0.6 is 0 Å². The Morgan fingerprint density at radius 1 is 1.35 bits per heavy atom. The number of rotatable bonds is 5. The predicted molar refractivity (Wildman–Crippen MR) is 68.5 cm³/mol. The van der Waals surface area contributed by atoms with Crippen LogP contribution in [-0.2, 0) is 11.2 Å². The fourth-order valence-electron chi connectivity index (χ4n) is 2.10. The first-order valence-electron chi connectivity index (χ1n) is 6.17. The van der Waals surface area contributed by atoms with Crippen molar-refractivity contribution in [3.8, 4) is 0 Å². The average molecular weight is 232 g/mol. The van der Waals surface area contributed by atoms with Crippen molar-refractivity contribution in [3.05, 3.63) is 35.9 Å². The molecule has 0 spiro atoms. The molecule has 3 heteroatoms. The van der Waals surface area contributed by atoms with Gasteiger partial charge in [0.1, 0.15) is 0 Å². The number of nitrogens with zero attached hydrogens (tertiary/aromatic N) is 1. The number of benzene rings is 1. The molecule has 3 nitrogen and oxygen atoms in total. The summed E-state index contributed by atoms with van der Waals surface area (Å²) in [6.07, 6.45) is 2.82. The van der Waals surface area contributed by atoms with Crippen molar-refractivity contribution in [2.24, 2.45) is 11.1 Å². The van der Waals surface area contributed by atoms with Gasteiger partial charge >= 0.3 is 0 Å². The second-order valence-corrected chi connectivity index (χ2v) is 4.95. The quantitative estimate of drug-likeness (QED) is 0.834. The molecule has 0 aromatic heterocycles. The number of amides is 1. The van der Waals surface area contributed by atoms with Crippen molar-refractivity contribution >= 4 is 5.91 Å². The van der Waals surface area contributed by atoms with Crippen molar-refractivity contribution in [1.82, 2.24) is 4.90 Å². The number of carbonyl (C=O) groups excluding carboxylic acids is 1. The van der Waals surface area contributed by atoms with E-state index in [-0.39, 0.29) is 11.3 Å². The van der Waals surface area contributed by atoms with Crippen LogP contribution in [-0.4, -0.2) is 30.9 Å². The molecule has 1 saturated carbocycles. The maximum atomic E-state index is 12.1. The Balaban J connectivity index is 1.86. The molecule has 2 N–H and O–H groups in total. The minimum atomic E-state index is -0.217. The van der Waals surface area contributed by atoms with Crippen LogP contribution in [0.5, 0.6) is 0 Å². The first kappa shape index (κ1) is 12.1. The summed E-state index contributed by atoms with van der Waals surface area (Å²) in [4.78, 5) is 14.0. The Kier molecular flexibility index (Phi) is 3.48. The zero-order chi connectivity index (χ0) is 12.3. The zero-order valence-corrected chi connectivity index (χ0v) is 10.4. The summed E-state index contributed by atoms with van der Waals surface area (Å²) in [5.41, 5.74) is 6.72. The number of carbonyl (C=O) groups is 1. The van der Waals surface area contributed by atoms with Crippen molar-refractivity contribution in [2.45, 2.75) is 19.3 Å².